The maximum atomic E-state index is 11.3. The number of hydrogen-bond acceptors (Lipinski definition) is 5. The van der Waals surface area contributed by atoms with Gasteiger partial charge in [-0.1, -0.05) is 6.58 Å². The SMILES string of the molecule is C=C(CNN1CCN(C)CC1)C(=O)OCC. The topological polar surface area (TPSA) is 44.8 Å². The minimum Gasteiger partial charge on any atom is -0.463 e. The lowest BCUT2D eigenvalue weighted by Gasteiger charge is -2.32. The average molecular weight is 227 g/mol. The molecule has 1 rings (SSSR count). The largest absolute Gasteiger partial charge is 0.463 e. The number of carbonyl (C=O) groups is 1. The number of hydrogen-bond donors (Lipinski definition) is 1. The van der Waals surface area contributed by atoms with Crippen LogP contribution in [0.25, 0.3) is 0 Å². The molecule has 0 saturated carbocycles. The minimum atomic E-state index is -0.316. The van der Waals surface area contributed by atoms with Crippen molar-refractivity contribution in [3.05, 3.63) is 12.2 Å². The molecule has 0 amide bonds. The number of likely N-dealkylation sites (N-methyl/N-ethyl adjacent to an activating group) is 1. The Balaban J connectivity index is 2.19. The second kappa shape index (κ2) is 6.62. The summed E-state index contributed by atoms with van der Waals surface area (Å²) in [6.07, 6.45) is 0. The predicted molar refractivity (Wildman–Crippen MR) is 62.8 cm³/mol. The summed E-state index contributed by atoms with van der Waals surface area (Å²) in [6, 6.07) is 0. The predicted octanol–water partition coefficient (Wildman–Crippen LogP) is -0.142. The summed E-state index contributed by atoms with van der Waals surface area (Å²) >= 11 is 0. The van der Waals surface area contributed by atoms with E-state index in [0.717, 1.165) is 26.2 Å². The monoisotopic (exact) mass is 227 g/mol. The van der Waals surface area contributed by atoms with Crippen LogP contribution in [0.4, 0.5) is 0 Å². The van der Waals surface area contributed by atoms with Crippen molar-refractivity contribution < 1.29 is 9.53 Å². The molecule has 0 spiro atoms. The van der Waals surface area contributed by atoms with Crippen molar-refractivity contribution in [1.29, 1.82) is 0 Å². The highest BCUT2D eigenvalue weighted by molar-refractivity contribution is 5.88. The standard InChI is InChI=1S/C11H21N3O2/c1-4-16-11(15)10(2)9-12-14-7-5-13(3)6-8-14/h12H,2,4-9H2,1,3H3. The molecule has 0 aromatic rings. The van der Waals surface area contributed by atoms with Crippen LogP contribution in [0.3, 0.4) is 0 Å². The molecule has 1 aliphatic rings. The second-order valence-electron chi connectivity index (χ2n) is 3.95. The molecule has 0 aliphatic carbocycles. The maximum Gasteiger partial charge on any atom is 0.334 e. The van der Waals surface area contributed by atoms with Crippen LogP contribution >= 0.6 is 0 Å². The summed E-state index contributed by atoms with van der Waals surface area (Å²) in [6.45, 7) is 10.4. The molecular weight excluding hydrogens is 206 g/mol. The van der Waals surface area contributed by atoms with Gasteiger partial charge in [-0.25, -0.2) is 9.80 Å². The first-order valence-electron chi connectivity index (χ1n) is 5.65. The van der Waals surface area contributed by atoms with Crippen LogP contribution in [0.2, 0.25) is 0 Å². The zero-order valence-corrected chi connectivity index (χ0v) is 10.2. The van der Waals surface area contributed by atoms with Crippen molar-refractivity contribution in [2.45, 2.75) is 6.92 Å². The van der Waals surface area contributed by atoms with Gasteiger partial charge < -0.3 is 9.64 Å². The molecule has 5 nitrogen and oxygen atoms in total. The first kappa shape index (κ1) is 13.2. The van der Waals surface area contributed by atoms with Crippen LogP contribution in [0.1, 0.15) is 6.92 Å². The number of carbonyl (C=O) groups excluding carboxylic acids is 1. The Kier molecular flexibility index (Phi) is 5.45. The fraction of sp³-hybridized carbons (Fsp3) is 0.727. The van der Waals surface area contributed by atoms with E-state index in [1.165, 1.54) is 0 Å². The zero-order valence-electron chi connectivity index (χ0n) is 10.2. The van der Waals surface area contributed by atoms with E-state index >= 15 is 0 Å². The van der Waals surface area contributed by atoms with Gasteiger partial charge in [-0.15, -0.1) is 0 Å². The Morgan fingerprint density at radius 1 is 1.38 bits per heavy atom. The van der Waals surface area contributed by atoms with Gasteiger partial charge in [0.05, 0.1) is 6.61 Å². The number of esters is 1. The number of piperazine rings is 1. The molecule has 0 unspecified atom stereocenters. The highest BCUT2D eigenvalue weighted by Crippen LogP contribution is 1.98. The van der Waals surface area contributed by atoms with Crippen LogP contribution in [0.5, 0.6) is 0 Å². The van der Waals surface area contributed by atoms with E-state index in [1.807, 2.05) is 0 Å². The van der Waals surface area contributed by atoms with Crippen LogP contribution in [-0.4, -0.2) is 62.3 Å². The third kappa shape index (κ3) is 4.30. The number of nitrogens with one attached hydrogen (secondary N) is 1. The Bertz CT molecular complexity index is 248. The van der Waals surface area contributed by atoms with Gasteiger partial charge in [0, 0.05) is 38.3 Å². The number of ether oxygens (including phenoxy) is 1. The van der Waals surface area contributed by atoms with Gasteiger partial charge >= 0.3 is 5.97 Å². The zero-order chi connectivity index (χ0) is 12.0. The van der Waals surface area contributed by atoms with Crippen molar-refractivity contribution in [2.24, 2.45) is 0 Å². The molecule has 0 aromatic heterocycles. The van der Waals surface area contributed by atoms with E-state index in [9.17, 15) is 4.79 Å². The molecule has 0 aromatic carbocycles. The van der Waals surface area contributed by atoms with Crippen molar-refractivity contribution >= 4 is 5.97 Å². The summed E-state index contributed by atoms with van der Waals surface area (Å²) in [5, 5.41) is 2.12. The first-order chi connectivity index (χ1) is 7.63. The fourth-order valence-electron chi connectivity index (χ4n) is 1.48. The van der Waals surface area contributed by atoms with Gasteiger partial charge in [-0.3, -0.25) is 5.43 Å². The minimum absolute atomic E-state index is 0.316. The third-order valence-electron chi connectivity index (χ3n) is 2.58. The van der Waals surface area contributed by atoms with Gasteiger partial charge in [0.2, 0.25) is 0 Å². The van der Waals surface area contributed by atoms with Crippen molar-refractivity contribution in [2.75, 3.05) is 46.4 Å². The molecular formula is C11H21N3O2. The molecule has 1 N–H and O–H groups in total. The van der Waals surface area contributed by atoms with Gasteiger partial charge in [-0.2, -0.15) is 0 Å². The second-order valence-corrected chi connectivity index (χ2v) is 3.95. The number of nitrogens with zero attached hydrogens (tertiary/aromatic N) is 2. The van der Waals surface area contributed by atoms with Gasteiger partial charge in [-0.05, 0) is 14.0 Å². The third-order valence-corrected chi connectivity index (χ3v) is 2.58. The molecule has 5 heteroatoms. The molecule has 16 heavy (non-hydrogen) atoms. The normalized spacial score (nSPS) is 18.4. The van der Waals surface area contributed by atoms with Gasteiger partial charge in [0.15, 0.2) is 0 Å². The highest BCUT2D eigenvalue weighted by Gasteiger charge is 2.14. The molecule has 1 aliphatic heterocycles. The van der Waals surface area contributed by atoms with Crippen LogP contribution in [0, 0.1) is 0 Å². The maximum absolute atomic E-state index is 11.3. The van der Waals surface area contributed by atoms with Crippen LogP contribution in [0.15, 0.2) is 12.2 Å². The lowest BCUT2D eigenvalue weighted by Crippen LogP contribution is -2.51. The Morgan fingerprint density at radius 3 is 2.56 bits per heavy atom. The lowest BCUT2D eigenvalue weighted by molar-refractivity contribution is -0.138. The van der Waals surface area contributed by atoms with E-state index in [4.69, 9.17) is 4.74 Å². The average Bonchev–Trinajstić information content (AvgIpc) is 2.28. The van der Waals surface area contributed by atoms with E-state index in [1.54, 1.807) is 6.92 Å². The lowest BCUT2D eigenvalue weighted by atomic mass is 10.3. The summed E-state index contributed by atoms with van der Waals surface area (Å²) in [5.74, 6) is -0.316. The van der Waals surface area contributed by atoms with Gasteiger partial charge in [0.1, 0.15) is 0 Å². The van der Waals surface area contributed by atoms with Crippen molar-refractivity contribution in [3.8, 4) is 0 Å². The molecule has 0 atom stereocenters. The fourth-order valence-corrected chi connectivity index (χ4v) is 1.48. The Labute approximate surface area is 97.0 Å². The van der Waals surface area contributed by atoms with Crippen molar-refractivity contribution in [3.63, 3.8) is 0 Å². The quantitative estimate of drug-likeness (QED) is 0.523. The molecule has 1 fully saturated rings. The van der Waals surface area contributed by atoms with Gasteiger partial charge in [0.25, 0.3) is 0 Å². The molecule has 1 saturated heterocycles. The van der Waals surface area contributed by atoms with Crippen LogP contribution < -0.4 is 5.43 Å². The summed E-state index contributed by atoms with van der Waals surface area (Å²) in [7, 11) is 2.11. The molecule has 0 radical (unpaired) electrons. The molecule has 92 valence electrons. The van der Waals surface area contributed by atoms with Crippen LogP contribution in [-0.2, 0) is 9.53 Å². The Hall–Kier alpha value is -0.910. The summed E-state index contributed by atoms with van der Waals surface area (Å²) in [4.78, 5) is 13.6. The van der Waals surface area contributed by atoms with E-state index in [-0.39, 0.29) is 5.97 Å². The van der Waals surface area contributed by atoms with E-state index in [0.29, 0.717) is 18.7 Å². The molecule has 0 bridgehead atoms. The van der Waals surface area contributed by atoms with E-state index < -0.39 is 0 Å². The Morgan fingerprint density at radius 2 is 2.00 bits per heavy atom. The summed E-state index contributed by atoms with van der Waals surface area (Å²) < 4.78 is 4.86. The highest BCUT2D eigenvalue weighted by atomic mass is 16.5. The summed E-state index contributed by atoms with van der Waals surface area (Å²) in [5.41, 5.74) is 3.66. The number of hydrazine groups is 1. The smallest absolute Gasteiger partial charge is 0.334 e. The first-order valence-corrected chi connectivity index (χ1v) is 5.65. The van der Waals surface area contributed by atoms with E-state index in [2.05, 4.69) is 29.0 Å². The van der Waals surface area contributed by atoms with Crippen molar-refractivity contribution in [1.82, 2.24) is 15.3 Å². The molecule has 1 heterocycles. The number of rotatable bonds is 5.